The maximum atomic E-state index is 11.5. The van der Waals surface area contributed by atoms with E-state index in [0.29, 0.717) is 0 Å². The Balaban J connectivity index is 2.82. The van der Waals surface area contributed by atoms with Crippen LogP contribution in [0.15, 0.2) is 12.4 Å². The van der Waals surface area contributed by atoms with Gasteiger partial charge in [-0.05, 0) is 20.8 Å². The number of carboxylic acid groups (broad SMARTS) is 1. The van der Waals surface area contributed by atoms with Gasteiger partial charge in [-0.25, -0.2) is 14.6 Å². The smallest absolute Gasteiger partial charge is 0.408 e. The van der Waals surface area contributed by atoms with Gasteiger partial charge in [-0.1, -0.05) is 11.6 Å². The summed E-state index contributed by atoms with van der Waals surface area (Å²) in [5, 5.41) is 11.4. The number of alkyl carbamates (subject to hydrolysis) is 1. The number of aliphatic carboxylic acids is 1. The minimum Gasteiger partial charge on any atom is -0.479 e. The molecule has 0 aliphatic rings. The molecule has 1 atom stereocenters. The molecule has 1 amide bonds. The molecular formula is C11H14ClN3O4. The lowest BCUT2D eigenvalue weighted by atomic mass is 10.2. The monoisotopic (exact) mass is 287 g/mol. The van der Waals surface area contributed by atoms with E-state index in [2.05, 4.69) is 15.3 Å². The molecule has 104 valence electrons. The van der Waals surface area contributed by atoms with Gasteiger partial charge in [0.05, 0.1) is 18.1 Å². The molecule has 19 heavy (non-hydrogen) atoms. The van der Waals surface area contributed by atoms with Gasteiger partial charge in [0.2, 0.25) is 0 Å². The van der Waals surface area contributed by atoms with Gasteiger partial charge >= 0.3 is 12.1 Å². The van der Waals surface area contributed by atoms with Crippen molar-refractivity contribution in [2.24, 2.45) is 0 Å². The summed E-state index contributed by atoms with van der Waals surface area (Å²) in [6.45, 7) is 5.01. The number of carbonyl (C=O) groups is 2. The van der Waals surface area contributed by atoms with E-state index in [4.69, 9.17) is 21.4 Å². The van der Waals surface area contributed by atoms with E-state index in [9.17, 15) is 9.59 Å². The highest BCUT2D eigenvalue weighted by Crippen LogP contribution is 2.13. The maximum Gasteiger partial charge on any atom is 0.408 e. The number of nitrogens with one attached hydrogen (secondary N) is 1. The van der Waals surface area contributed by atoms with Crippen LogP contribution >= 0.6 is 11.6 Å². The highest BCUT2D eigenvalue weighted by Gasteiger charge is 2.26. The Labute approximate surface area is 115 Å². The van der Waals surface area contributed by atoms with Crippen LogP contribution in [0, 0.1) is 0 Å². The number of carbonyl (C=O) groups excluding carboxylic acids is 1. The number of hydrogen-bond acceptors (Lipinski definition) is 5. The highest BCUT2D eigenvalue weighted by atomic mass is 35.5. The molecule has 2 N–H and O–H groups in total. The molecule has 0 fully saturated rings. The second-order valence-electron chi connectivity index (χ2n) is 4.68. The highest BCUT2D eigenvalue weighted by molar-refractivity contribution is 6.29. The Hall–Kier alpha value is -1.89. The minimum atomic E-state index is -1.35. The third-order valence-corrected chi connectivity index (χ3v) is 2.04. The molecule has 0 aliphatic carbocycles. The Morgan fingerprint density at radius 3 is 2.42 bits per heavy atom. The average Bonchev–Trinajstić information content (AvgIpc) is 2.24. The van der Waals surface area contributed by atoms with Crippen molar-refractivity contribution in [2.45, 2.75) is 32.4 Å². The second kappa shape index (κ2) is 5.83. The molecule has 0 saturated heterocycles. The average molecular weight is 288 g/mol. The van der Waals surface area contributed by atoms with Gasteiger partial charge in [-0.2, -0.15) is 0 Å². The molecule has 1 aromatic heterocycles. The van der Waals surface area contributed by atoms with E-state index in [1.807, 2.05) is 0 Å². The van der Waals surface area contributed by atoms with E-state index in [-0.39, 0.29) is 10.8 Å². The SMILES string of the molecule is CC(C)(C)OC(=O)NC(C(=O)O)c1cnc(Cl)cn1. The summed E-state index contributed by atoms with van der Waals surface area (Å²) in [7, 11) is 0. The van der Waals surface area contributed by atoms with Crippen molar-refractivity contribution < 1.29 is 19.4 Å². The lowest BCUT2D eigenvalue weighted by Crippen LogP contribution is -2.38. The fraction of sp³-hybridized carbons (Fsp3) is 0.455. The summed E-state index contributed by atoms with van der Waals surface area (Å²) in [4.78, 5) is 30.2. The fourth-order valence-electron chi connectivity index (χ4n) is 1.16. The van der Waals surface area contributed by atoms with Gasteiger partial charge < -0.3 is 15.2 Å². The van der Waals surface area contributed by atoms with Gasteiger partial charge in [0.25, 0.3) is 0 Å². The number of amides is 1. The van der Waals surface area contributed by atoms with E-state index >= 15 is 0 Å². The van der Waals surface area contributed by atoms with Crippen molar-refractivity contribution in [1.29, 1.82) is 0 Å². The third-order valence-electron chi connectivity index (χ3n) is 1.84. The minimum absolute atomic E-state index is 0.0581. The lowest BCUT2D eigenvalue weighted by molar-refractivity contribution is -0.139. The van der Waals surface area contributed by atoms with Crippen molar-refractivity contribution in [3.63, 3.8) is 0 Å². The van der Waals surface area contributed by atoms with Crippen LogP contribution in [0.2, 0.25) is 5.15 Å². The molecule has 0 aromatic carbocycles. The van der Waals surface area contributed by atoms with E-state index in [1.165, 1.54) is 12.4 Å². The molecule has 1 aromatic rings. The van der Waals surface area contributed by atoms with Crippen LogP contribution in [0.5, 0.6) is 0 Å². The molecule has 1 rings (SSSR count). The standard InChI is InChI=1S/C11H14ClN3O4/c1-11(2,3)19-10(18)15-8(9(16)17)6-4-14-7(12)5-13-6/h4-5,8H,1-3H3,(H,15,18)(H,16,17). The van der Waals surface area contributed by atoms with Crippen LogP contribution in [0.4, 0.5) is 4.79 Å². The zero-order chi connectivity index (χ0) is 14.6. The van der Waals surface area contributed by atoms with Crippen LogP contribution < -0.4 is 5.32 Å². The topological polar surface area (TPSA) is 101 Å². The molecular weight excluding hydrogens is 274 g/mol. The van der Waals surface area contributed by atoms with Crippen molar-refractivity contribution in [3.05, 3.63) is 23.2 Å². The quantitative estimate of drug-likeness (QED) is 0.878. The Morgan fingerprint density at radius 2 is 2.00 bits per heavy atom. The zero-order valence-electron chi connectivity index (χ0n) is 10.7. The predicted molar refractivity (Wildman–Crippen MR) is 66.8 cm³/mol. The maximum absolute atomic E-state index is 11.5. The molecule has 0 spiro atoms. The van der Waals surface area contributed by atoms with E-state index in [1.54, 1.807) is 20.8 Å². The van der Waals surface area contributed by atoms with Gasteiger partial charge in [0, 0.05) is 0 Å². The Kier molecular flexibility index (Phi) is 4.66. The third kappa shape index (κ3) is 5.09. The summed E-state index contributed by atoms with van der Waals surface area (Å²) >= 11 is 5.56. The summed E-state index contributed by atoms with van der Waals surface area (Å²) in [5.74, 6) is -1.28. The molecule has 1 heterocycles. The van der Waals surface area contributed by atoms with Crippen LogP contribution in [0.25, 0.3) is 0 Å². The van der Waals surface area contributed by atoms with Crippen LogP contribution in [0.1, 0.15) is 32.5 Å². The lowest BCUT2D eigenvalue weighted by Gasteiger charge is -2.21. The number of ether oxygens (including phenoxy) is 1. The molecule has 1 unspecified atom stereocenters. The molecule has 7 nitrogen and oxygen atoms in total. The van der Waals surface area contributed by atoms with Crippen LogP contribution in [-0.2, 0) is 9.53 Å². The largest absolute Gasteiger partial charge is 0.479 e. The molecule has 0 saturated carbocycles. The first-order chi connectivity index (χ1) is 8.69. The van der Waals surface area contributed by atoms with Gasteiger partial charge in [-0.3, -0.25) is 4.98 Å². The van der Waals surface area contributed by atoms with Crippen LogP contribution in [-0.4, -0.2) is 32.7 Å². The number of nitrogens with zero attached hydrogens (tertiary/aromatic N) is 2. The second-order valence-corrected chi connectivity index (χ2v) is 5.07. The summed E-state index contributed by atoms with van der Waals surface area (Å²) in [6, 6.07) is -1.35. The summed E-state index contributed by atoms with van der Waals surface area (Å²) < 4.78 is 4.98. The molecule has 0 aliphatic heterocycles. The van der Waals surface area contributed by atoms with Crippen molar-refractivity contribution >= 4 is 23.7 Å². The van der Waals surface area contributed by atoms with E-state index < -0.39 is 23.7 Å². The van der Waals surface area contributed by atoms with Crippen LogP contribution in [0.3, 0.4) is 0 Å². The van der Waals surface area contributed by atoms with Crippen molar-refractivity contribution in [1.82, 2.24) is 15.3 Å². The number of rotatable bonds is 3. The Morgan fingerprint density at radius 1 is 1.37 bits per heavy atom. The molecule has 0 radical (unpaired) electrons. The molecule has 8 heteroatoms. The fourth-order valence-corrected chi connectivity index (χ4v) is 1.26. The van der Waals surface area contributed by atoms with Gasteiger partial charge in [-0.15, -0.1) is 0 Å². The Bertz CT molecular complexity index is 470. The predicted octanol–water partition coefficient (Wildman–Crippen LogP) is 1.78. The first kappa shape index (κ1) is 15.2. The first-order valence-corrected chi connectivity index (χ1v) is 5.76. The molecule has 0 bridgehead atoms. The summed E-state index contributed by atoms with van der Waals surface area (Å²) in [5.41, 5.74) is -0.665. The number of hydrogen-bond donors (Lipinski definition) is 2. The van der Waals surface area contributed by atoms with Gasteiger partial charge in [0.15, 0.2) is 6.04 Å². The normalized spacial score (nSPS) is 12.6. The number of aromatic nitrogens is 2. The zero-order valence-corrected chi connectivity index (χ0v) is 11.4. The summed E-state index contributed by atoms with van der Waals surface area (Å²) in [6.07, 6.45) is 1.53. The number of halogens is 1. The van der Waals surface area contributed by atoms with Crippen molar-refractivity contribution in [2.75, 3.05) is 0 Å². The van der Waals surface area contributed by atoms with E-state index in [0.717, 1.165) is 0 Å². The van der Waals surface area contributed by atoms with Gasteiger partial charge in [0.1, 0.15) is 10.8 Å². The first-order valence-electron chi connectivity index (χ1n) is 5.39. The number of carboxylic acids is 1. The van der Waals surface area contributed by atoms with Crippen molar-refractivity contribution in [3.8, 4) is 0 Å².